The van der Waals surface area contributed by atoms with E-state index in [0.29, 0.717) is 0 Å². The Morgan fingerprint density at radius 1 is 1.32 bits per heavy atom. The minimum absolute atomic E-state index is 0.0357. The van der Waals surface area contributed by atoms with Crippen LogP contribution in [0.4, 0.5) is 5.69 Å². The Hall–Kier alpha value is -1.57. The van der Waals surface area contributed by atoms with Crippen LogP contribution in [0, 0.1) is 0 Å². The van der Waals surface area contributed by atoms with E-state index in [1.54, 1.807) is 13.1 Å². The SMILES string of the molecule is CC(ON1C=CN(c2cccc(Br)c2)N1)C(=O)N1CCCC1. The maximum absolute atomic E-state index is 12.2. The molecular weight excluding hydrogens is 348 g/mol. The summed E-state index contributed by atoms with van der Waals surface area (Å²) in [4.78, 5) is 19.7. The van der Waals surface area contributed by atoms with Gasteiger partial charge in [0.05, 0.1) is 11.9 Å². The molecule has 118 valence electrons. The van der Waals surface area contributed by atoms with Crippen molar-refractivity contribution in [2.45, 2.75) is 25.9 Å². The number of likely N-dealkylation sites (tertiary alicyclic amines) is 1. The van der Waals surface area contributed by atoms with Gasteiger partial charge in [0.25, 0.3) is 5.91 Å². The number of carbonyl (C=O) groups excluding carboxylic acids is 1. The third-order valence-electron chi connectivity index (χ3n) is 3.68. The van der Waals surface area contributed by atoms with Crippen LogP contribution in [0.15, 0.2) is 41.1 Å². The molecule has 1 N–H and O–H groups in total. The topological polar surface area (TPSA) is 48.1 Å². The van der Waals surface area contributed by atoms with Gasteiger partial charge < -0.3 is 4.90 Å². The molecule has 0 aliphatic carbocycles. The molecule has 1 unspecified atom stereocenters. The Kier molecular flexibility index (Phi) is 4.66. The van der Waals surface area contributed by atoms with Gasteiger partial charge in [0, 0.05) is 23.8 Å². The van der Waals surface area contributed by atoms with Gasteiger partial charge in [-0.2, -0.15) is 5.17 Å². The van der Waals surface area contributed by atoms with Gasteiger partial charge in [-0.3, -0.25) is 9.80 Å². The lowest BCUT2D eigenvalue weighted by Gasteiger charge is -2.26. The van der Waals surface area contributed by atoms with Crippen LogP contribution in [0.3, 0.4) is 0 Å². The maximum atomic E-state index is 12.2. The Bertz CT molecular complexity index is 574. The van der Waals surface area contributed by atoms with Crippen LogP contribution in [-0.2, 0) is 9.63 Å². The molecule has 7 heteroatoms. The van der Waals surface area contributed by atoms with Crippen molar-refractivity contribution in [3.63, 3.8) is 0 Å². The summed E-state index contributed by atoms with van der Waals surface area (Å²) in [7, 11) is 0. The van der Waals surface area contributed by atoms with E-state index in [2.05, 4.69) is 21.5 Å². The van der Waals surface area contributed by atoms with Crippen molar-refractivity contribution >= 4 is 27.5 Å². The highest BCUT2D eigenvalue weighted by Gasteiger charge is 2.26. The zero-order valence-electron chi connectivity index (χ0n) is 12.4. The van der Waals surface area contributed by atoms with Crippen LogP contribution in [0.5, 0.6) is 0 Å². The monoisotopic (exact) mass is 366 g/mol. The van der Waals surface area contributed by atoms with Crippen molar-refractivity contribution in [1.82, 2.24) is 15.6 Å². The molecule has 0 saturated carbocycles. The summed E-state index contributed by atoms with van der Waals surface area (Å²) in [5.74, 6) is 0.0357. The van der Waals surface area contributed by atoms with Gasteiger partial charge >= 0.3 is 0 Å². The van der Waals surface area contributed by atoms with Crippen LogP contribution in [-0.4, -0.2) is 35.2 Å². The molecule has 1 amide bonds. The molecule has 0 bridgehead atoms. The number of halogens is 1. The Balaban J connectivity index is 1.55. The molecule has 0 radical (unpaired) electrons. The van der Waals surface area contributed by atoms with Crippen molar-refractivity contribution < 1.29 is 9.63 Å². The number of nitrogens with one attached hydrogen (secondary N) is 1. The molecule has 2 aliphatic heterocycles. The molecule has 0 spiro atoms. The summed E-state index contributed by atoms with van der Waals surface area (Å²) < 4.78 is 0.997. The van der Waals surface area contributed by atoms with Crippen LogP contribution in [0.1, 0.15) is 19.8 Å². The fraction of sp³-hybridized carbons (Fsp3) is 0.400. The Labute approximate surface area is 138 Å². The predicted octanol–water partition coefficient (Wildman–Crippen LogP) is 2.40. The first-order chi connectivity index (χ1) is 10.6. The molecule has 3 rings (SSSR count). The van der Waals surface area contributed by atoms with Crippen molar-refractivity contribution in [2.75, 3.05) is 18.1 Å². The van der Waals surface area contributed by atoms with E-state index in [4.69, 9.17) is 4.84 Å². The molecule has 1 aromatic rings. The van der Waals surface area contributed by atoms with Crippen molar-refractivity contribution in [1.29, 1.82) is 0 Å². The van der Waals surface area contributed by atoms with Gasteiger partial charge in [0.2, 0.25) is 0 Å². The van der Waals surface area contributed by atoms with Crippen molar-refractivity contribution in [2.24, 2.45) is 0 Å². The average Bonchev–Trinajstić information content (AvgIpc) is 3.18. The Morgan fingerprint density at radius 3 is 2.82 bits per heavy atom. The molecule has 22 heavy (non-hydrogen) atoms. The molecule has 1 fully saturated rings. The van der Waals surface area contributed by atoms with Gasteiger partial charge in [-0.05, 0) is 38.0 Å². The number of hydrogen-bond acceptors (Lipinski definition) is 5. The summed E-state index contributed by atoms with van der Waals surface area (Å²) in [6, 6.07) is 7.89. The van der Waals surface area contributed by atoms with E-state index >= 15 is 0 Å². The summed E-state index contributed by atoms with van der Waals surface area (Å²) in [5.41, 5.74) is 4.02. The summed E-state index contributed by atoms with van der Waals surface area (Å²) in [5, 5.41) is 3.28. The number of rotatable bonds is 4. The van der Waals surface area contributed by atoms with Crippen LogP contribution < -0.4 is 10.5 Å². The predicted molar refractivity (Wildman–Crippen MR) is 87.1 cm³/mol. The second-order valence-electron chi connectivity index (χ2n) is 5.35. The number of hydroxylamine groups is 1. The van der Waals surface area contributed by atoms with Crippen LogP contribution in [0.2, 0.25) is 0 Å². The smallest absolute Gasteiger partial charge is 0.254 e. The maximum Gasteiger partial charge on any atom is 0.254 e. The lowest BCUT2D eigenvalue weighted by Crippen LogP contribution is -2.45. The highest BCUT2D eigenvalue weighted by atomic mass is 79.9. The van der Waals surface area contributed by atoms with Crippen LogP contribution in [0.25, 0.3) is 0 Å². The minimum atomic E-state index is -0.516. The second kappa shape index (κ2) is 6.68. The lowest BCUT2D eigenvalue weighted by molar-refractivity contribution is -0.196. The number of anilines is 1. The largest absolute Gasteiger partial charge is 0.340 e. The third kappa shape index (κ3) is 3.43. The van der Waals surface area contributed by atoms with E-state index < -0.39 is 6.10 Å². The fourth-order valence-electron chi connectivity index (χ4n) is 2.54. The molecule has 2 heterocycles. The molecular formula is C15H19BrN4O2. The molecule has 0 aromatic heterocycles. The van der Waals surface area contributed by atoms with E-state index in [-0.39, 0.29) is 5.91 Å². The van der Waals surface area contributed by atoms with Crippen LogP contribution >= 0.6 is 15.9 Å². The van der Waals surface area contributed by atoms with Gasteiger partial charge in [-0.15, -0.1) is 5.53 Å². The zero-order valence-corrected chi connectivity index (χ0v) is 14.0. The third-order valence-corrected chi connectivity index (χ3v) is 4.17. The first-order valence-corrected chi connectivity index (χ1v) is 8.17. The van der Waals surface area contributed by atoms with E-state index in [9.17, 15) is 4.79 Å². The first-order valence-electron chi connectivity index (χ1n) is 7.38. The number of carbonyl (C=O) groups is 1. The highest BCUT2D eigenvalue weighted by Crippen LogP contribution is 2.21. The van der Waals surface area contributed by atoms with Gasteiger partial charge in [-0.25, -0.2) is 4.84 Å². The summed E-state index contributed by atoms with van der Waals surface area (Å²) in [6.07, 6.45) is 5.23. The molecule has 2 aliphatic rings. The molecule has 1 atom stereocenters. The highest BCUT2D eigenvalue weighted by molar-refractivity contribution is 9.10. The molecule has 1 saturated heterocycles. The normalized spacial score (nSPS) is 19.1. The quantitative estimate of drug-likeness (QED) is 0.886. The number of nitrogens with zero attached hydrogens (tertiary/aromatic N) is 3. The summed E-state index contributed by atoms with van der Waals surface area (Å²) >= 11 is 3.45. The number of hydrogen-bond donors (Lipinski definition) is 1. The first kappa shape index (κ1) is 15.3. The minimum Gasteiger partial charge on any atom is -0.340 e. The van der Waals surface area contributed by atoms with Gasteiger partial charge in [-0.1, -0.05) is 22.0 Å². The molecule has 6 nitrogen and oxygen atoms in total. The van der Waals surface area contributed by atoms with Crippen molar-refractivity contribution in [3.8, 4) is 0 Å². The fourth-order valence-corrected chi connectivity index (χ4v) is 2.93. The standard InChI is InChI=1S/C15H19BrN4O2/c1-12(15(21)18-7-2-3-8-18)22-20-10-9-19(17-20)14-6-4-5-13(16)11-14/h4-6,9-12,17H,2-3,7-8H2,1H3. The number of amides is 1. The van der Waals surface area contributed by atoms with Gasteiger partial charge in [0.1, 0.15) is 0 Å². The van der Waals surface area contributed by atoms with E-state index in [0.717, 1.165) is 36.1 Å². The Morgan fingerprint density at radius 2 is 2.09 bits per heavy atom. The summed E-state index contributed by atoms with van der Waals surface area (Å²) in [6.45, 7) is 3.44. The second-order valence-corrected chi connectivity index (χ2v) is 6.27. The molecule has 1 aromatic carbocycles. The number of benzene rings is 1. The van der Waals surface area contributed by atoms with Gasteiger partial charge in [0.15, 0.2) is 6.10 Å². The zero-order chi connectivity index (χ0) is 15.5. The van der Waals surface area contributed by atoms with E-state index in [1.165, 1.54) is 5.17 Å². The average molecular weight is 367 g/mol. The van der Waals surface area contributed by atoms with E-state index in [1.807, 2.05) is 40.4 Å². The van der Waals surface area contributed by atoms with Crippen molar-refractivity contribution in [3.05, 3.63) is 41.1 Å². The lowest BCUT2D eigenvalue weighted by atomic mass is 10.3. The number of hydrazine groups is 2.